The molecule has 1 aliphatic heterocycles. The lowest BCUT2D eigenvalue weighted by molar-refractivity contribution is -0.274. The monoisotopic (exact) mass is 548 g/mol. The lowest BCUT2D eigenvalue weighted by Crippen LogP contribution is -2.35. The number of hydrogen-bond acceptors (Lipinski definition) is 3. The van der Waals surface area contributed by atoms with Crippen molar-refractivity contribution in [3.05, 3.63) is 59.7 Å². The third-order valence-electron chi connectivity index (χ3n) is 4.63. The average Bonchev–Trinajstić information content (AvgIpc) is 2.71. The van der Waals surface area contributed by atoms with Crippen LogP contribution >= 0.6 is 24.0 Å². The number of anilines is 1. The summed E-state index contributed by atoms with van der Waals surface area (Å²) >= 11 is 0. The van der Waals surface area contributed by atoms with Crippen LogP contribution in [-0.4, -0.2) is 24.8 Å². The highest BCUT2D eigenvalue weighted by Gasteiger charge is 2.30. The molecule has 1 amide bonds. The predicted molar refractivity (Wildman–Crippen MR) is 123 cm³/mol. The summed E-state index contributed by atoms with van der Waals surface area (Å²) < 4.78 is 40.3. The number of amides is 1. The first-order valence-corrected chi connectivity index (χ1v) is 9.58. The Morgan fingerprint density at radius 2 is 1.71 bits per heavy atom. The van der Waals surface area contributed by atoms with E-state index in [0.29, 0.717) is 18.5 Å². The fraction of sp³-hybridized carbons (Fsp3) is 0.333. The standard InChI is InChI=1S/C21H23F3N4O2.HI/c22-21(23,24)30-18-10-6-16(7-11-18)14-27-20(25)26-13-15-4-8-17(9-5-15)28-12-2-1-3-19(28)29;/h4-11H,1-3,12-14H2,(H3,25,26,27);1H. The third-order valence-corrected chi connectivity index (χ3v) is 4.63. The molecule has 1 saturated heterocycles. The zero-order valence-electron chi connectivity index (χ0n) is 16.7. The molecule has 1 fully saturated rings. The zero-order valence-corrected chi connectivity index (χ0v) is 19.0. The summed E-state index contributed by atoms with van der Waals surface area (Å²) in [5.74, 6) is 0.0958. The normalized spacial score (nSPS) is 14.7. The molecule has 0 atom stereocenters. The molecule has 0 spiro atoms. The molecule has 168 valence electrons. The van der Waals surface area contributed by atoms with Crippen LogP contribution in [0.15, 0.2) is 53.5 Å². The molecule has 0 aromatic heterocycles. The second-order valence-corrected chi connectivity index (χ2v) is 6.92. The summed E-state index contributed by atoms with van der Waals surface area (Å²) in [6.45, 7) is 1.43. The van der Waals surface area contributed by atoms with E-state index in [9.17, 15) is 18.0 Å². The van der Waals surface area contributed by atoms with Gasteiger partial charge < -0.3 is 20.7 Å². The van der Waals surface area contributed by atoms with Crippen molar-refractivity contribution in [2.45, 2.75) is 38.7 Å². The lowest BCUT2D eigenvalue weighted by Gasteiger charge is -2.26. The molecule has 0 unspecified atom stereocenters. The Morgan fingerprint density at radius 3 is 2.32 bits per heavy atom. The van der Waals surface area contributed by atoms with Crippen LogP contribution in [0.3, 0.4) is 0 Å². The van der Waals surface area contributed by atoms with Crippen molar-refractivity contribution in [3.63, 3.8) is 0 Å². The Labute approximate surface area is 195 Å². The van der Waals surface area contributed by atoms with Crippen LogP contribution < -0.4 is 20.7 Å². The number of halogens is 4. The van der Waals surface area contributed by atoms with Gasteiger partial charge in [-0.3, -0.25) is 4.79 Å². The summed E-state index contributed by atoms with van der Waals surface area (Å²) in [7, 11) is 0. The fourth-order valence-corrected chi connectivity index (χ4v) is 3.09. The minimum atomic E-state index is -4.71. The molecule has 0 saturated carbocycles. The molecule has 3 rings (SSSR count). The van der Waals surface area contributed by atoms with Gasteiger partial charge in [0.25, 0.3) is 0 Å². The molecule has 0 aliphatic carbocycles. The first kappa shape index (κ1) is 24.8. The molecule has 31 heavy (non-hydrogen) atoms. The number of carbonyl (C=O) groups is 1. The number of aliphatic imine (C=N–C) groups is 1. The topological polar surface area (TPSA) is 80.0 Å². The Balaban J connectivity index is 0.00000341. The van der Waals surface area contributed by atoms with Gasteiger partial charge in [-0.15, -0.1) is 37.1 Å². The molecule has 3 N–H and O–H groups in total. The number of hydrogen-bond donors (Lipinski definition) is 2. The lowest BCUT2D eigenvalue weighted by atomic mass is 10.1. The van der Waals surface area contributed by atoms with Gasteiger partial charge in [-0.1, -0.05) is 24.3 Å². The Bertz CT molecular complexity index is 887. The summed E-state index contributed by atoms with van der Waals surface area (Å²) in [6, 6.07) is 13.1. The summed E-state index contributed by atoms with van der Waals surface area (Å²) in [5.41, 5.74) is 8.43. The van der Waals surface area contributed by atoms with Crippen molar-refractivity contribution >= 4 is 41.5 Å². The molecule has 0 bridgehead atoms. The molecule has 2 aromatic rings. The van der Waals surface area contributed by atoms with Crippen LogP contribution in [0, 0.1) is 0 Å². The second-order valence-electron chi connectivity index (χ2n) is 6.92. The van der Waals surface area contributed by atoms with Gasteiger partial charge in [0.05, 0.1) is 6.54 Å². The molecular formula is C21H24F3IN4O2. The van der Waals surface area contributed by atoms with E-state index in [1.54, 1.807) is 0 Å². The summed E-state index contributed by atoms with van der Waals surface area (Å²) in [6.07, 6.45) is -2.16. The maximum absolute atomic E-state index is 12.2. The number of nitrogens with zero attached hydrogens (tertiary/aromatic N) is 2. The Hall–Kier alpha value is -2.50. The smallest absolute Gasteiger partial charge is 0.406 e. The first-order valence-electron chi connectivity index (χ1n) is 9.58. The van der Waals surface area contributed by atoms with Crippen molar-refractivity contribution in [1.29, 1.82) is 0 Å². The van der Waals surface area contributed by atoms with Crippen molar-refractivity contribution in [2.75, 3.05) is 11.4 Å². The van der Waals surface area contributed by atoms with E-state index in [4.69, 9.17) is 5.73 Å². The molecule has 10 heteroatoms. The number of guanidine groups is 1. The maximum atomic E-state index is 12.2. The minimum absolute atomic E-state index is 0. The average molecular weight is 548 g/mol. The van der Waals surface area contributed by atoms with E-state index >= 15 is 0 Å². The summed E-state index contributed by atoms with van der Waals surface area (Å²) in [5, 5.41) is 2.99. The van der Waals surface area contributed by atoms with Gasteiger partial charge >= 0.3 is 6.36 Å². The molecule has 1 aliphatic rings. The Morgan fingerprint density at radius 1 is 1.06 bits per heavy atom. The molecule has 6 nitrogen and oxygen atoms in total. The Kier molecular flexibility index (Phi) is 8.96. The van der Waals surface area contributed by atoms with E-state index < -0.39 is 6.36 Å². The number of carbonyl (C=O) groups excluding carboxylic acids is 1. The number of benzene rings is 2. The van der Waals surface area contributed by atoms with Crippen molar-refractivity contribution in [2.24, 2.45) is 10.7 Å². The van der Waals surface area contributed by atoms with Crippen LogP contribution in [0.1, 0.15) is 30.4 Å². The van der Waals surface area contributed by atoms with Gasteiger partial charge in [0.2, 0.25) is 5.91 Å². The number of piperidine rings is 1. The van der Waals surface area contributed by atoms with Crippen molar-refractivity contribution in [3.8, 4) is 5.75 Å². The fourth-order valence-electron chi connectivity index (χ4n) is 3.09. The van der Waals surface area contributed by atoms with Gasteiger partial charge in [0.1, 0.15) is 5.75 Å². The predicted octanol–water partition coefficient (Wildman–Crippen LogP) is 4.32. The number of rotatable bonds is 6. The van der Waals surface area contributed by atoms with E-state index in [1.807, 2.05) is 29.2 Å². The van der Waals surface area contributed by atoms with Crippen LogP contribution in [0.2, 0.25) is 0 Å². The molecular weight excluding hydrogens is 524 g/mol. The van der Waals surface area contributed by atoms with E-state index in [-0.39, 0.29) is 48.1 Å². The van der Waals surface area contributed by atoms with Gasteiger partial charge in [0, 0.05) is 25.2 Å². The molecule has 1 heterocycles. The number of nitrogens with two attached hydrogens (primary N) is 1. The second kappa shape index (κ2) is 11.2. The molecule has 0 radical (unpaired) electrons. The van der Waals surface area contributed by atoms with Crippen LogP contribution in [-0.2, 0) is 17.9 Å². The SMILES string of the molecule is I.NC(=NCc1ccc(OC(F)(F)F)cc1)NCc1ccc(N2CCCCC2=O)cc1. The number of alkyl halides is 3. The van der Waals surface area contributed by atoms with E-state index in [2.05, 4.69) is 15.0 Å². The summed E-state index contributed by atoms with van der Waals surface area (Å²) in [4.78, 5) is 18.0. The van der Waals surface area contributed by atoms with E-state index in [0.717, 1.165) is 30.6 Å². The van der Waals surface area contributed by atoms with Crippen LogP contribution in [0.5, 0.6) is 5.75 Å². The maximum Gasteiger partial charge on any atom is 0.573 e. The highest BCUT2D eigenvalue weighted by Crippen LogP contribution is 2.23. The molecule has 2 aromatic carbocycles. The number of nitrogens with one attached hydrogen (secondary N) is 1. The zero-order chi connectivity index (χ0) is 21.6. The van der Waals surface area contributed by atoms with Gasteiger partial charge in [-0.2, -0.15) is 0 Å². The van der Waals surface area contributed by atoms with Crippen LogP contribution in [0.4, 0.5) is 18.9 Å². The quantitative estimate of drug-likeness (QED) is 0.320. The largest absolute Gasteiger partial charge is 0.573 e. The number of ether oxygens (including phenoxy) is 1. The van der Waals surface area contributed by atoms with Crippen molar-refractivity contribution in [1.82, 2.24) is 5.32 Å². The van der Waals surface area contributed by atoms with E-state index in [1.165, 1.54) is 24.3 Å². The highest BCUT2D eigenvalue weighted by atomic mass is 127. The van der Waals surface area contributed by atoms with Crippen LogP contribution in [0.25, 0.3) is 0 Å². The third kappa shape index (κ3) is 7.93. The van der Waals surface area contributed by atoms with Crippen molar-refractivity contribution < 1.29 is 22.7 Å². The van der Waals surface area contributed by atoms with Gasteiger partial charge in [0.15, 0.2) is 5.96 Å². The van der Waals surface area contributed by atoms with Gasteiger partial charge in [-0.25, -0.2) is 4.99 Å². The first-order chi connectivity index (χ1) is 14.3. The highest BCUT2D eigenvalue weighted by molar-refractivity contribution is 14.0. The minimum Gasteiger partial charge on any atom is -0.406 e. The van der Waals surface area contributed by atoms with Gasteiger partial charge in [-0.05, 0) is 48.2 Å².